The van der Waals surface area contributed by atoms with E-state index in [-0.39, 0.29) is 11.5 Å². The Morgan fingerprint density at radius 1 is 1.12 bits per heavy atom. The van der Waals surface area contributed by atoms with Gasteiger partial charge in [-0.05, 0) is 41.5 Å². The first-order valence-electron chi connectivity index (χ1n) is 7.50. The molecule has 0 unspecified atom stereocenters. The summed E-state index contributed by atoms with van der Waals surface area (Å²) in [4.78, 5) is 23.1. The summed E-state index contributed by atoms with van der Waals surface area (Å²) in [6.45, 7) is 1.73. The number of anilines is 1. The van der Waals surface area contributed by atoms with E-state index in [2.05, 4.69) is 10.6 Å². The Balaban J connectivity index is 2.03. The molecule has 0 radical (unpaired) electrons. The Labute approximate surface area is 150 Å². The van der Waals surface area contributed by atoms with E-state index in [1.807, 2.05) is 6.07 Å². The number of carbonyl (C=O) groups is 2. The number of hydrogen-bond acceptors (Lipinski definition) is 3. The molecule has 0 heterocycles. The molecule has 6 heteroatoms. The fourth-order valence-corrected chi connectivity index (χ4v) is 2.19. The summed E-state index contributed by atoms with van der Waals surface area (Å²) < 4.78 is 0. The molecule has 2 rings (SSSR count). The van der Waals surface area contributed by atoms with Crippen LogP contribution >= 0.6 is 11.6 Å². The van der Waals surface area contributed by atoms with Gasteiger partial charge in [-0.25, -0.2) is 0 Å². The van der Waals surface area contributed by atoms with Crippen molar-refractivity contribution in [3.8, 4) is 6.07 Å². The van der Waals surface area contributed by atoms with Crippen LogP contribution in [0.1, 0.15) is 18.1 Å². The van der Waals surface area contributed by atoms with Crippen molar-refractivity contribution in [1.82, 2.24) is 5.32 Å². The molecule has 5 nitrogen and oxygen atoms in total. The van der Waals surface area contributed by atoms with Crippen LogP contribution < -0.4 is 10.6 Å². The molecule has 0 aliphatic carbocycles. The molecule has 25 heavy (non-hydrogen) atoms. The standard InChI is InChI=1S/C19H16ClN3O2/c1-13(24)23-18-8-4-14(5-9-18)10-16(11-21)19(25)22-12-15-2-6-17(20)7-3-15/h2-10H,12H2,1H3,(H,22,25)(H,23,24). The first kappa shape index (κ1) is 18.2. The van der Waals surface area contributed by atoms with Crippen molar-refractivity contribution < 1.29 is 9.59 Å². The summed E-state index contributed by atoms with van der Waals surface area (Å²) >= 11 is 5.81. The Bertz CT molecular complexity index is 834. The fraction of sp³-hybridized carbons (Fsp3) is 0.105. The van der Waals surface area contributed by atoms with Crippen LogP contribution in [-0.2, 0) is 16.1 Å². The van der Waals surface area contributed by atoms with Gasteiger partial charge in [0, 0.05) is 24.2 Å². The van der Waals surface area contributed by atoms with Gasteiger partial charge >= 0.3 is 0 Å². The second-order valence-electron chi connectivity index (χ2n) is 5.28. The first-order chi connectivity index (χ1) is 12.0. The highest BCUT2D eigenvalue weighted by Crippen LogP contribution is 2.13. The normalized spacial score (nSPS) is 10.7. The van der Waals surface area contributed by atoms with Gasteiger partial charge in [-0.3, -0.25) is 9.59 Å². The molecule has 2 aromatic rings. The van der Waals surface area contributed by atoms with Gasteiger partial charge < -0.3 is 10.6 Å². The zero-order chi connectivity index (χ0) is 18.2. The van der Waals surface area contributed by atoms with E-state index >= 15 is 0 Å². The number of amides is 2. The molecule has 0 atom stereocenters. The molecule has 0 fully saturated rings. The molecule has 126 valence electrons. The summed E-state index contributed by atoms with van der Waals surface area (Å²) in [5.74, 6) is -0.619. The molecule has 2 aromatic carbocycles. The van der Waals surface area contributed by atoms with Crippen LogP contribution in [0.25, 0.3) is 6.08 Å². The quantitative estimate of drug-likeness (QED) is 0.637. The van der Waals surface area contributed by atoms with Crippen LogP contribution in [0.15, 0.2) is 54.1 Å². The van der Waals surface area contributed by atoms with Crippen molar-refractivity contribution >= 4 is 35.2 Å². The van der Waals surface area contributed by atoms with Crippen LogP contribution in [-0.4, -0.2) is 11.8 Å². The van der Waals surface area contributed by atoms with Crippen LogP contribution in [0.4, 0.5) is 5.69 Å². The Morgan fingerprint density at radius 3 is 2.32 bits per heavy atom. The number of hydrogen-bond donors (Lipinski definition) is 2. The van der Waals surface area contributed by atoms with E-state index in [9.17, 15) is 14.9 Å². The first-order valence-corrected chi connectivity index (χ1v) is 7.88. The lowest BCUT2D eigenvalue weighted by Crippen LogP contribution is -2.23. The highest BCUT2D eigenvalue weighted by atomic mass is 35.5. The molecular formula is C19H16ClN3O2. The molecular weight excluding hydrogens is 338 g/mol. The van der Waals surface area contributed by atoms with E-state index in [1.165, 1.54) is 13.0 Å². The summed E-state index contributed by atoms with van der Waals surface area (Å²) in [6.07, 6.45) is 1.49. The minimum atomic E-state index is -0.455. The monoisotopic (exact) mass is 353 g/mol. The van der Waals surface area contributed by atoms with Crippen LogP contribution in [0.5, 0.6) is 0 Å². The average Bonchev–Trinajstić information content (AvgIpc) is 2.60. The summed E-state index contributed by atoms with van der Waals surface area (Å²) in [7, 11) is 0. The summed E-state index contributed by atoms with van der Waals surface area (Å²) in [5.41, 5.74) is 2.22. The lowest BCUT2D eigenvalue weighted by Gasteiger charge is -2.05. The number of nitrogens with one attached hydrogen (secondary N) is 2. The summed E-state index contributed by atoms with van der Waals surface area (Å²) in [5, 5.41) is 15.2. The lowest BCUT2D eigenvalue weighted by molar-refractivity contribution is -0.117. The second kappa shape index (κ2) is 8.67. The maximum atomic E-state index is 12.1. The molecule has 0 saturated carbocycles. The number of carbonyl (C=O) groups excluding carboxylic acids is 2. The third-order valence-electron chi connectivity index (χ3n) is 3.27. The molecule has 0 spiro atoms. The maximum Gasteiger partial charge on any atom is 0.262 e. The van der Waals surface area contributed by atoms with E-state index < -0.39 is 5.91 Å². The lowest BCUT2D eigenvalue weighted by atomic mass is 10.1. The molecule has 0 aliphatic heterocycles. The van der Waals surface area contributed by atoms with Crippen molar-refractivity contribution in [1.29, 1.82) is 5.26 Å². The average molecular weight is 354 g/mol. The van der Waals surface area contributed by atoms with Crippen LogP contribution in [0.2, 0.25) is 5.02 Å². The topological polar surface area (TPSA) is 82.0 Å². The Kier molecular flexibility index (Phi) is 6.33. The van der Waals surface area contributed by atoms with E-state index in [0.717, 1.165) is 5.56 Å². The zero-order valence-electron chi connectivity index (χ0n) is 13.5. The largest absolute Gasteiger partial charge is 0.347 e. The number of benzene rings is 2. The van der Waals surface area contributed by atoms with E-state index in [1.54, 1.807) is 48.5 Å². The molecule has 2 N–H and O–H groups in total. The van der Waals surface area contributed by atoms with Gasteiger partial charge in [-0.2, -0.15) is 5.26 Å². The van der Waals surface area contributed by atoms with Crippen molar-refractivity contribution in [2.24, 2.45) is 0 Å². The summed E-state index contributed by atoms with van der Waals surface area (Å²) in [6, 6.07) is 15.8. The predicted octanol–water partition coefficient (Wildman–Crippen LogP) is 3.52. The Morgan fingerprint density at radius 2 is 1.76 bits per heavy atom. The number of nitrogens with zero attached hydrogens (tertiary/aromatic N) is 1. The minimum absolute atomic E-state index is 0.00115. The van der Waals surface area contributed by atoms with Gasteiger partial charge in [-0.1, -0.05) is 35.9 Å². The van der Waals surface area contributed by atoms with Crippen molar-refractivity contribution in [2.75, 3.05) is 5.32 Å². The molecule has 0 saturated heterocycles. The highest BCUT2D eigenvalue weighted by molar-refractivity contribution is 6.30. The van der Waals surface area contributed by atoms with Gasteiger partial charge in [0.15, 0.2) is 0 Å². The van der Waals surface area contributed by atoms with Gasteiger partial charge in [-0.15, -0.1) is 0 Å². The predicted molar refractivity (Wildman–Crippen MR) is 97.6 cm³/mol. The van der Waals surface area contributed by atoms with Crippen molar-refractivity contribution in [2.45, 2.75) is 13.5 Å². The molecule has 2 amide bonds. The van der Waals surface area contributed by atoms with Gasteiger partial charge in [0.05, 0.1) is 0 Å². The number of rotatable bonds is 5. The van der Waals surface area contributed by atoms with Gasteiger partial charge in [0.2, 0.25) is 5.91 Å². The third-order valence-corrected chi connectivity index (χ3v) is 3.53. The van der Waals surface area contributed by atoms with Crippen LogP contribution in [0.3, 0.4) is 0 Å². The highest BCUT2D eigenvalue weighted by Gasteiger charge is 2.09. The van der Waals surface area contributed by atoms with Crippen molar-refractivity contribution in [3.05, 3.63) is 70.3 Å². The number of halogens is 1. The maximum absolute atomic E-state index is 12.1. The van der Waals surface area contributed by atoms with Gasteiger partial charge in [0.1, 0.15) is 11.6 Å². The van der Waals surface area contributed by atoms with Crippen molar-refractivity contribution in [3.63, 3.8) is 0 Å². The Hall–Kier alpha value is -3.10. The SMILES string of the molecule is CC(=O)Nc1ccc(C=C(C#N)C(=O)NCc2ccc(Cl)cc2)cc1. The van der Waals surface area contributed by atoms with Gasteiger partial charge in [0.25, 0.3) is 5.91 Å². The van der Waals surface area contributed by atoms with E-state index in [4.69, 9.17) is 11.6 Å². The third kappa shape index (κ3) is 5.79. The minimum Gasteiger partial charge on any atom is -0.347 e. The van der Waals surface area contributed by atoms with Crippen LogP contribution in [0, 0.1) is 11.3 Å². The fourth-order valence-electron chi connectivity index (χ4n) is 2.06. The van der Waals surface area contributed by atoms with E-state index in [0.29, 0.717) is 22.8 Å². The zero-order valence-corrected chi connectivity index (χ0v) is 14.3. The smallest absolute Gasteiger partial charge is 0.262 e. The number of nitriles is 1. The molecule has 0 bridgehead atoms. The second-order valence-corrected chi connectivity index (χ2v) is 5.72. The molecule has 0 aromatic heterocycles. The molecule has 0 aliphatic rings.